The van der Waals surface area contributed by atoms with Gasteiger partial charge in [-0.25, -0.2) is 4.39 Å². The van der Waals surface area contributed by atoms with E-state index in [1.807, 2.05) is 0 Å². The van der Waals surface area contributed by atoms with Gasteiger partial charge >= 0.3 is 6.18 Å². The first kappa shape index (κ1) is 22.4. The van der Waals surface area contributed by atoms with Crippen LogP contribution >= 0.6 is 0 Å². The van der Waals surface area contributed by atoms with Crippen molar-refractivity contribution < 1.29 is 27.5 Å². The second kappa shape index (κ2) is 7.44. The summed E-state index contributed by atoms with van der Waals surface area (Å²) in [6, 6.07) is 3.58. The number of nitrogens with one attached hydrogen (secondary N) is 1. The molecule has 3 aromatic rings. The highest BCUT2D eigenvalue weighted by Gasteiger charge is 2.35. The van der Waals surface area contributed by atoms with Crippen molar-refractivity contribution in [1.82, 2.24) is 14.3 Å². The minimum absolute atomic E-state index is 0.00246. The Balaban J connectivity index is 2.31. The average Bonchev–Trinajstić information content (AvgIpc) is 3.00. The Morgan fingerprint density at radius 3 is 2.39 bits per heavy atom. The van der Waals surface area contributed by atoms with Gasteiger partial charge < -0.3 is 14.8 Å². The highest BCUT2D eigenvalue weighted by molar-refractivity contribution is 5.78. The van der Waals surface area contributed by atoms with Gasteiger partial charge in [0.1, 0.15) is 23.6 Å². The Hall–Kier alpha value is -3.30. The molecule has 2 aromatic heterocycles. The monoisotopic (exact) mass is 439 g/mol. The van der Waals surface area contributed by atoms with E-state index in [0.29, 0.717) is 12.1 Å². The maximum atomic E-state index is 13.8. The second-order valence-electron chi connectivity index (χ2n) is 8.27. The van der Waals surface area contributed by atoms with E-state index in [9.17, 15) is 32.3 Å². The summed E-state index contributed by atoms with van der Waals surface area (Å²) >= 11 is 0. The zero-order chi connectivity index (χ0) is 23.3. The summed E-state index contributed by atoms with van der Waals surface area (Å²) in [7, 11) is 0. The second-order valence-corrected chi connectivity index (χ2v) is 8.27. The van der Waals surface area contributed by atoms with Crippen LogP contribution in [-0.4, -0.2) is 25.5 Å². The van der Waals surface area contributed by atoms with Gasteiger partial charge in [-0.15, -0.1) is 0 Å². The SMILES string of the molecule is Cc1c(-c2ccc(F)c(C(F)(F)F)c2)n(CC(=O)NC(C)(C)C)c(=O)c2cc(O)cn12. The van der Waals surface area contributed by atoms with Crippen LogP contribution in [-0.2, 0) is 17.5 Å². The van der Waals surface area contributed by atoms with Gasteiger partial charge in [0.05, 0.1) is 17.5 Å². The number of alkyl halides is 3. The van der Waals surface area contributed by atoms with Gasteiger partial charge in [-0.05, 0) is 45.9 Å². The molecular weight excluding hydrogens is 418 g/mol. The lowest BCUT2D eigenvalue weighted by molar-refractivity contribution is -0.140. The number of halogens is 4. The summed E-state index contributed by atoms with van der Waals surface area (Å²) < 4.78 is 56.0. The first-order chi connectivity index (χ1) is 14.2. The smallest absolute Gasteiger partial charge is 0.419 e. The fourth-order valence-corrected chi connectivity index (χ4v) is 3.45. The van der Waals surface area contributed by atoms with Gasteiger partial charge in [-0.2, -0.15) is 13.2 Å². The molecule has 0 aliphatic carbocycles. The molecule has 0 aliphatic heterocycles. The normalized spacial score (nSPS) is 12.4. The minimum atomic E-state index is -4.95. The van der Waals surface area contributed by atoms with Crippen molar-refractivity contribution in [2.24, 2.45) is 0 Å². The minimum Gasteiger partial charge on any atom is -0.506 e. The molecule has 0 aliphatic rings. The van der Waals surface area contributed by atoms with Gasteiger partial charge in [0, 0.05) is 22.9 Å². The Bertz CT molecular complexity index is 1230. The molecule has 1 aromatic carbocycles. The third-order valence-electron chi connectivity index (χ3n) is 4.61. The quantitative estimate of drug-likeness (QED) is 0.609. The number of aryl methyl sites for hydroxylation is 1. The van der Waals surface area contributed by atoms with Crippen molar-refractivity contribution in [2.45, 2.75) is 46.0 Å². The third kappa shape index (κ3) is 4.42. The number of carbonyl (C=O) groups excluding carboxylic acids is 1. The molecule has 0 bridgehead atoms. The van der Waals surface area contributed by atoms with E-state index in [0.717, 1.165) is 10.6 Å². The molecule has 0 spiro atoms. The van der Waals surface area contributed by atoms with E-state index in [-0.39, 0.29) is 28.2 Å². The number of rotatable bonds is 3. The number of aromatic nitrogens is 2. The van der Waals surface area contributed by atoms with Crippen molar-refractivity contribution >= 4 is 11.4 Å². The predicted molar refractivity (Wildman–Crippen MR) is 106 cm³/mol. The number of aromatic hydroxyl groups is 1. The van der Waals surface area contributed by atoms with Crippen LogP contribution in [0, 0.1) is 12.7 Å². The average molecular weight is 439 g/mol. The molecule has 2 heterocycles. The Kier molecular flexibility index (Phi) is 5.37. The molecule has 0 fully saturated rings. The highest BCUT2D eigenvalue weighted by atomic mass is 19.4. The topological polar surface area (TPSA) is 75.7 Å². The lowest BCUT2D eigenvalue weighted by Gasteiger charge is -2.23. The zero-order valence-electron chi connectivity index (χ0n) is 17.3. The van der Waals surface area contributed by atoms with Crippen LogP contribution in [0.25, 0.3) is 16.8 Å². The van der Waals surface area contributed by atoms with Gasteiger partial charge in [-0.3, -0.25) is 14.2 Å². The van der Waals surface area contributed by atoms with Crippen molar-refractivity contribution in [3.63, 3.8) is 0 Å². The molecule has 0 saturated carbocycles. The molecule has 166 valence electrons. The van der Waals surface area contributed by atoms with Crippen LogP contribution in [0.3, 0.4) is 0 Å². The number of amides is 1. The molecule has 0 saturated heterocycles. The van der Waals surface area contributed by atoms with Gasteiger partial charge in [0.25, 0.3) is 5.56 Å². The summed E-state index contributed by atoms with van der Waals surface area (Å²) in [6.45, 7) is 6.26. The zero-order valence-corrected chi connectivity index (χ0v) is 17.3. The maximum absolute atomic E-state index is 13.8. The molecule has 0 radical (unpaired) electrons. The van der Waals surface area contributed by atoms with Gasteiger partial charge in [0.2, 0.25) is 5.91 Å². The lowest BCUT2D eigenvalue weighted by Crippen LogP contribution is -2.44. The fourth-order valence-electron chi connectivity index (χ4n) is 3.45. The fraction of sp³-hybridized carbons (Fsp3) is 0.333. The van der Waals surface area contributed by atoms with Crippen LogP contribution < -0.4 is 10.9 Å². The molecule has 1 amide bonds. The number of hydrogen-bond donors (Lipinski definition) is 2. The largest absolute Gasteiger partial charge is 0.506 e. The molecular formula is C21H21F4N3O3. The first-order valence-electron chi connectivity index (χ1n) is 9.31. The van der Waals surface area contributed by atoms with E-state index in [1.165, 1.54) is 23.6 Å². The highest BCUT2D eigenvalue weighted by Crippen LogP contribution is 2.35. The molecule has 31 heavy (non-hydrogen) atoms. The molecule has 0 atom stereocenters. The maximum Gasteiger partial charge on any atom is 0.419 e. The van der Waals surface area contributed by atoms with Crippen LogP contribution in [0.4, 0.5) is 17.6 Å². The molecule has 0 unspecified atom stereocenters. The summed E-state index contributed by atoms with van der Waals surface area (Å²) in [5.74, 6) is -2.21. The number of benzene rings is 1. The predicted octanol–water partition coefficient (Wildman–Crippen LogP) is 3.85. The Morgan fingerprint density at radius 2 is 1.81 bits per heavy atom. The molecule has 6 nitrogen and oxygen atoms in total. The van der Waals surface area contributed by atoms with Crippen LogP contribution in [0.2, 0.25) is 0 Å². The van der Waals surface area contributed by atoms with E-state index < -0.39 is 41.1 Å². The standard InChI is InChI=1S/C21H21F4N3O3/c1-11-18(12-5-6-15(22)14(7-12)21(23,24)25)28(10-17(30)26-20(2,3)4)19(31)16-8-13(29)9-27(11)16/h5-9,29H,10H2,1-4H3,(H,26,30). The van der Waals surface area contributed by atoms with Crippen LogP contribution in [0.1, 0.15) is 32.0 Å². The van der Waals surface area contributed by atoms with Gasteiger partial charge in [-0.1, -0.05) is 0 Å². The number of hydrogen-bond acceptors (Lipinski definition) is 3. The Morgan fingerprint density at radius 1 is 1.16 bits per heavy atom. The van der Waals surface area contributed by atoms with Crippen molar-refractivity contribution in [2.75, 3.05) is 0 Å². The summed E-state index contributed by atoms with van der Waals surface area (Å²) in [5.41, 5.74) is -2.55. The summed E-state index contributed by atoms with van der Waals surface area (Å²) in [5, 5.41) is 12.5. The van der Waals surface area contributed by atoms with Crippen LogP contribution in [0.15, 0.2) is 35.3 Å². The van der Waals surface area contributed by atoms with E-state index >= 15 is 0 Å². The Labute approximate surface area is 174 Å². The van der Waals surface area contributed by atoms with Crippen LogP contribution in [0.5, 0.6) is 5.75 Å². The molecule has 10 heteroatoms. The van der Waals surface area contributed by atoms with E-state index in [4.69, 9.17) is 0 Å². The number of fused-ring (bicyclic) bond motifs is 1. The van der Waals surface area contributed by atoms with E-state index in [2.05, 4.69) is 5.32 Å². The first-order valence-corrected chi connectivity index (χ1v) is 9.31. The number of carbonyl (C=O) groups is 1. The summed E-state index contributed by atoms with van der Waals surface area (Å²) in [4.78, 5) is 25.6. The lowest BCUT2D eigenvalue weighted by atomic mass is 10.0. The number of nitrogens with zero attached hydrogens (tertiary/aromatic N) is 2. The molecule has 2 N–H and O–H groups in total. The van der Waals surface area contributed by atoms with Crippen molar-refractivity contribution in [1.29, 1.82) is 0 Å². The summed E-state index contributed by atoms with van der Waals surface area (Å²) in [6.07, 6.45) is -3.71. The molecule has 3 rings (SSSR count). The van der Waals surface area contributed by atoms with Crippen molar-refractivity contribution in [3.05, 3.63) is 57.9 Å². The van der Waals surface area contributed by atoms with Gasteiger partial charge in [0.15, 0.2) is 0 Å². The van der Waals surface area contributed by atoms with Crippen molar-refractivity contribution in [3.8, 4) is 17.0 Å². The third-order valence-corrected chi connectivity index (χ3v) is 4.61. The van der Waals surface area contributed by atoms with E-state index in [1.54, 1.807) is 20.8 Å².